The first-order valence-corrected chi connectivity index (χ1v) is 7.74. The molecule has 0 N–H and O–H groups in total. The van der Waals surface area contributed by atoms with E-state index in [1.807, 2.05) is 42.5 Å². The van der Waals surface area contributed by atoms with E-state index in [1.54, 1.807) is 7.11 Å². The van der Waals surface area contributed by atoms with E-state index >= 15 is 0 Å². The number of methoxy groups -OCH3 is 1. The lowest BCUT2D eigenvalue weighted by atomic mass is 10.2. The maximum atomic E-state index is 5.81. The summed E-state index contributed by atoms with van der Waals surface area (Å²) in [4.78, 5) is 0. The van der Waals surface area contributed by atoms with Gasteiger partial charge in [-0.15, -0.1) is 0 Å². The van der Waals surface area contributed by atoms with Crippen molar-refractivity contribution >= 4 is 31.9 Å². The van der Waals surface area contributed by atoms with Crippen molar-refractivity contribution in [2.45, 2.75) is 11.9 Å². The summed E-state index contributed by atoms with van der Waals surface area (Å²) in [7, 11) is 1.65. The monoisotopic (exact) mass is 384 g/mol. The largest absolute Gasteiger partial charge is 0.493 e. The molecule has 2 aromatic rings. The molecule has 0 saturated carbocycles. The first-order valence-electron chi connectivity index (χ1n) is 5.83. The van der Waals surface area contributed by atoms with Gasteiger partial charge in [-0.3, -0.25) is 0 Å². The maximum Gasteiger partial charge on any atom is 0.161 e. The second-order valence-electron chi connectivity index (χ2n) is 4.04. The minimum atomic E-state index is 0.517. The fourth-order valence-electron chi connectivity index (χ4n) is 1.70. The Kier molecular flexibility index (Phi) is 5.28. The van der Waals surface area contributed by atoms with E-state index < -0.39 is 0 Å². The van der Waals surface area contributed by atoms with Crippen molar-refractivity contribution < 1.29 is 9.47 Å². The van der Waals surface area contributed by atoms with Crippen molar-refractivity contribution in [3.05, 3.63) is 58.1 Å². The molecule has 0 atom stereocenters. The molecule has 0 aliphatic carbocycles. The summed E-state index contributed by atoms with van der Waals surface area (Å²) in [6, 6.07) is 14.0. The minimum Gasteiger partial charge on any atom is -0.493 e. The Balaban J connectivity index is 2.11. The van der Waals surface area contributed by atoms with Crippen LogP contribution in [0.5, 0.6) is 11.5 Å². The van der Waals surface area contributed by atoms with E-state index in [0.717, 1.165) is 32.4 Å². The van der Waals surface area contributed by atoms with Crippen molar-refractivity contribution in [2.24, 2.45) is 0 Å². The number of benzene rings is 2. The van der Waals surface area contributed by atoms with Gasteiger partial charge in [0.1, 0.15) is 6.61 Å². The lowest BCUT2D eigenvalue weighted by Crippen LogP contribution is -1.98. The van der Waals surface area contributed by atoms with E-state index in [2.05, 4.69) is 31.9 Å². The standard InChI is InChI=1S/C15H14Br2O2/c1-18-15-8-11(9-16)5-6-14(15)19-10-12-3-2-4-13(17)7-12/h2-8H,9-10H2,1H3. The van der Waals surface area contributed by atoms with Crippen molar-refractivity contribution in [1.82, 2.24) is 0 Å². The van der Waals surface area contributed by atoms with Gasteiger partial charge in [0.2, 0.25) is 0 Å². The normalized spacial score (nSPS) is 10.3. The van der Waals surface area contributed by atoms with Gasteiger partial charge in [-0.1, -0.05) is 50.1 Å². The molecule has 0 heterocycles. The van der Waals surface area contributed by atoms with Gasteiger partial charge in [0.25, 0.3) is 0 Å². The summed E-state index contributed by atoms with van der Waals surface area (Å²) >= 11 is 6.88. The number of halogens is 2. The quantitative estimate of drug-likeness (QED) is 0.679. The van der Waals surface area contributed by atoms with Gasteiger partial charge in [-0.2, -0.15) is 0 Å². The van der Waals surface area contributed by atoms with Crippen LogP contribution in [0.1, 0.15) is 11.1 Å². The maximum absolute atomic E-state index is 5.81. The zero-order valence-corrected chi connectivity index (χ0v) is 13.7. The van der Waals surface area contributed by atoms with E-state index in [0.29, 0.717) is 6.61 Å². The van der Waals surface area contributed by atoms with Crippen LogP contribution < -0.4 is 9.47 Å². The van der Waals surface area contributed by atoms with Gasteiger partial charge in [-0.25, -0.2) is 0 Å². The third-order valence-corrected chi connectivity index (χ3v) is 3.81. The van der Waals surface area contributed by atoms with Gasteiger partial charge in [-0.05, 0) is 35.4 Å². The predicted molar refractivity (Wildman–Crippen MR) is 84.1 cm³/mol. The molecule has 0 fully saturated rings. The Morgan fingerprint density at radius 3 is 2.53 bits per heavy atom. The Morgan fingerprint density at radius 2 is 1.84 bits per heavy atom. The molecule has 0 amide bonds. The van der Waals surface area contributed by atoms with Gasteiger partial charge in [0.05, 0.1) is 7.11 Å². The fourth-order valence-corrected chi connectivity index (χ4v) is 2.50. The lowest BCUT2D eigenvalue weighted by Gasteiger charge is -2.11. The average Bonchev–Trinajstić information content (AvgIpc) is 2.45. The molecule has 0 aliphatic rings. The molecule has 0 saturated heterocycles. The number of rotatable bonds is 5. The molecule has 0 aromatic heterocycles. The SMILES string of the molecule is COc1cc(CBr)ccc1OCc1cccc(Br)c1. The van der Waals surface area contributed by atoms with Gasteiger partial charge in [0, 0.05) is 9.80 Å². The number of alkyl halides is 1. The van der Waals surface area contributed by atoms with Gasteiger partial charge < -0.3 is 9.47 Å². The van der Waals surface area contributed by atoms with Crippen LogP contribution in [-0.2, 0) is 11.9 Å². The molecule has 0 unspecified atom stereocenters. The second kappa shape index (κ2) is 6.96. The molecular formula is C15H14Br2O2. The molecule has 19 heavy (non-hydrogen) atoms. The molecule has 2 rings (SSSR count). The highest BCUT2D eigenvalue weighted by molar-refractivity contribution is 9.10. The van der Waals surface area contributed by atoms with Crippen LogP contribution in [0, 0.1) is 0 Å². The summed E-state index contributed by atoms with van der Waals surface area (Å²) in [6.45, 7) is 0.517. The van der Waals surface area contributed by atoms with Crippen LogP contribution in [0.3, 0.4) is 0 Å². The molecule has 100 valence electrons. The molecule has 0 spiro atoms. The number of hydrogen-bond donors (Lipinski definition) is 0. The van der Waals surface area contributed by atoms with Crippen LogP contribution in [0.25, 0.3) is 0 Å². The molecule has 4 heteroatoms. The summed E-state index contributed by atoms with van der Waals surface area (Å²) in [6.07, 6.45) is 0. The first kappa shape index (κ1) is 14.4. The Labute approximate surface area is 130 Å². The van der Waals surface area contributed by atoms with Crippen molar-refractivity contribution in [3.8, 4) is 11.5 Å². The topological polar surface area (TPSA) is 18.5 Å². The van der Waals surface area contributed by atoms with E-state index in [1.165, 1.54) is 0 Å². The number of ether oxygens (including phenoxy) is 2. The zero-order chi connectivity index (χ0) is 13.7. The highest BCUT2D eigenvalue weighted by atomic mass is 79.9. The third-order valence-electron chi connectivity index (χ3n) is 2.67. The minimum absolute atomic E-state index is 0.517. The third kappa shape index (κ3) is 3.98. The van der Waals surface area contributed by atoms with Gasteiger partial charge >= 0.3 is 0 Å². The van der Waals surface area contributed by atoms with Crippen molar-refractivity contribution in [3.63, 3.8) is 0 Å². The first-order chi connectivity index (χ1) is 9.22. The predicted octanol–water partition coefficient (Wildman–Crippen LogP) is 4.93. The van der Waals surface area contributed by atoms with E-state index in [4.69, 9.17) is 9.47 Å². The molecule has 2 nitrogen and oxygen atoms in total. The molecule has 2 aromatic carbocycles. The van der Waals surface area contributed by atoms with E-state index in [9.17, 15) is 0 Å². The van der Waals surface area contributed by atoms with Gasteiger partial charge in [0.15, 0.2) is 11.5 Å². The highest BCUT2D eigenvalue weighted by Gasteiger charge is 2.06. The highest BCUT2D eigenvalue weighted by Crippen LogP contribution is 2.29. The Bertz CT molecular complexity index is 556. The van der Waals surface area contributed by atoms with Crippen molar-refractivity contribution in [2.75, 3.05) is 7.11 Å². The second-order valence-corrected chi connectivity index (χ2v) is 5.51. The van der Waals surface area contributed by atoms with E-state index in [-0.39, 0.29) is 0 Å². The zero-order valence-electron chi connectivity index (χ0n) is 10.5. The Hall–Kier alpha value is -1.00. The molecular weight excluding hydrogens is 372 g/mol. The Morgan fingerprint density at radius 1 is 1.00 bits per heavy atom. The molecule has 0 radical (unpaired) electrons. The van der Waals surface area contributed by atoms with Crippen LogP contribution >= 0.6 is 31.9 Å². The van der Waals surface area contributed by atoms with Crippen LogP contribution in [0.4, 0.5) is 0 Å². The summed E-state index contributed by atoms with van der Waals surface area (Å²) in [5.41, 5.74) is 2.27. The molecule has 0 bridgehead atoms. The van der Waals surface area contributed by atoms with Crippen LogP contribution in [-0.4, -0.2) is 7.11 Å². The summed E-state index contributed by atoms with van der Waals surface area (Å²) < 4.78 is 12.2. The summed E-state index contributed by atoms with van der Waals surface area (Å²) in [5.74, 6) is 1.51. The fraction of sp³-hybridized carbons (Fsp3) is 0.200. The number of hydrogen-bond acceptors (Lipinski definition) is 2. The van der Waals surface area contributed by atoms with Crippen LogP contribution in [0.15, 0.2) is 46.9 Å². The smallest absolute Gasteiger partial charge is 0.161 e. The lowest BCUT2D eigenvalue weighted by molar-refractivity contribution is 0.284. The van der Waals surface area contributed by atoms with Crippen LogP contribution in [0.2, 0.25) is 0 Å². The molecule has 0 aliphatic heterocycles. The van der Waals surface area contributed by atoms with Crippen molar-refractivity contribution in [1.29, 1.82) is 0 Å². The summed E-state index contributed by atoms with van der Waals surface area (Å²) in [5, 5.41) is 0.801. The average molecular weight is 386 g/mol.